The molecule has 0 aliphatic carbocycles. The van der Waals surface area contributed by atoms with E-state index in [1.54, 1.807) is 0 Å². The molecule has 0 amide bonds. The van der Waals surface area contributed by atoms with Crippen molar-refractivity contribution in [3.8, 4) is 0 Å². The fourth-order valence-electron chi connectivity index (χ4n) is 8.28. The first-order chi connectivity index (χ1) is 23.0. The van der Waals surface area contributed by atoms with E-state index < -0.39 is 0 Å². The Balaban J connectivity index is 1.18. The number of halogens is 2. The number of hydrogen-bond donors (Lipinski definition) is 2. The lowest BCUT2D eigenvalue weighted by Crippen LogP contribution is -2.59. The van der Waals surface area contributed by atoms with Crippen molar-refractivity contribution < 1.29 is 5.11 Å². The molecule has 6 nitrogen and oxygen atoms in total. The van der Waals surface area contributed by atoms with Crippen LogP contribution in [0.3, 0.4) is 0 Å². The summed E-state index contributed by atoms with van der Waals surface area (Å²) >= 11 is 12.6. The molecule has 256 valence electrons. The lowest BCUT2D eigenvalue weighted by Gasteiger charge is -2.46. The lowest BCUT2D eigenvalue weighted by atomic mass is 9.97. The molecule has 6 rings (SSSR count). The van der Waals surface area contributed by atoms with E-state index in [1.165, 1.54) is 60.5 Å². The maximum atomic E-state index is 10.1. The van der Waals surface area contributed by atoms with Gasteiger partial charge in [0, 0.05) is 83.1 Å². The molecule has 3 aromatic rings. The van der Waals surface area contributed by atoms with E-state index in [-0.39, 0.29) is 12.6 Å². The average Bonchev–Trinajstić information content (AvgIpc) is 3.54. The molecule has 0 spiro atoms. The number of aliphatic hydroxyl groups is 1. The van der Waals surface area contributed by atoms with Crippen LogP contribution in [0.1, 0.15) is 50.2 Å². The number of unbranched alkanes of at least 4 members (excludes halogenated alkanes) is 1. The summed E-state index contributed by atoms with van der Waals surface area (Å²) in [6, 6.07) is 23.8. The van der Waals surface area contributed by atoms with Crippen LogP contribution in [0.5, 0.6) is 0 Å². The van der Waals surface area contributed by atoms with Gasteiger partial charge in [-0.15, -0.1) is 0 Å². The fourth-order valence-corrected chi connectivity index (χ4v) is 8.60. The number of rotatable bonds is 14. The minimum absolute atomic E-state index is 0.232. The van der Waals surface area contributed by atoms with E-state index in [4.69, 9.17) is 23.2 Å². The number of fused-ring (bicyclic) bond motifs is 1. The molecule has 4 atom stereocenters. The number of aliphatic hydroxyl groups excluding tert-OH is 1. The Bertz CT molecular complexity index is 1420. The number of hydrogen-bond acceptors (Lipinski definition) is 6. The predicted molar refractivity (Wildman–Crippen MR) is 198 cm³/mol. The number of likely N-dealkylation sites (tertiary alicyclic amines) is 1. The third-order valence-corrected chi connectivity index (χ3v) is 11.8. The van der Waals surface area contributed by atoms with Crippen LogP contribution in [0.4, 0.5) is 0 Å². The van der Waals surface area contributed by atoms with Gasteiger partial charge in [-0.25, -0.2) is 0 Å². The van der Waals surface area contributed by atoms with Gasteiger partial charge in [0.2, 0.25) is 0 Å². The monoisotopic (exact) mass is 679 g/mol. The Morgan fingerprint density at radius 2 is 1.70 bits per heavy atom. The van der Waals surface area contributed by atoms with Gasteiger partial charge < -0.3 is 10.4 Å². The molecule has 0 radical (unpaired) electrons. The summed E-state index contributed by atoms with van der Waals surface area (Å²) in [5, 5.41) is 17.5. The standard InChI is InChI=1S/C39H55Cl2N5O/c1-2-3-9-34-26-46(21-20-43(34)18-15-30-12-14-38(40)39(41)24-30)36(23-31-11-13-32-7-4-5-8-33(32)22-31)28-44-17-6-10-35(44)27-45-19-16-42-25-37(45)29-47/h4-5,7-8,11-14,22,24,34-37,42,47H,2-3,6,9-10,15-21,23,25-29H2,1H3/t34-,35+,36+,37-/m1/s1. The van der Waals surface area contributed by atoms with E-state index in [0.29, 0.717) is 28.2 Å². The number of nitrogens with one attached hydrogen (secondary N) is 1. The highest BCUT2D eigenvalue weighted by Crippen LogP contribution is 2.27. The van der Waals surface area contributed by atoms with E-state index in [2.05, 4.69) is 80.4 Å². The predicted octanol–water partition coefficient (Wildman–Crippen LogP) is 6.21. The number of benzene rings is 3. The zero-order valence-electron chi connectivity index (χ0n) is 28.3. The summed E-state index contributed by atoms with van der Waals surface area (Å²) in [7, 11) is 0. The van der Waals surface area contributed by atoms with Crippen molar-refractivity contribution >= 4 is 34.0 Å². The van der Waals surface area contributed by atoms with Gasteiger partial charge in [-0.1, -0.05) is 91.5 Å². The van der Waals surface area contributed by atoms with Gasteiger partial charge in [0.15, 0.2) is 0 Å². The quantitative estimate of drug-likeness (QED) is 0.211. The first-order valence-electron chi connectivity index (χ1n) is 18.2. The van der Waals surface area contributed by atoms with Crippen LogP contribution >= 0.6 is 23.2 Å². The molecule has 8 heteroatoms. The summed E-state index contributed by atoms with van der Waals surface area (Å²) in [5.74, 6) is 0. The second kappa shape index (κ2) is 17.3. The van der Waals surface area contributed by atoms with Crippen LogP contribution in [0.15, 0.2) is 60.7 Å². The zero-order valence-corrected chi connectivity index (χ0v) is 29.8. The molecular weight excluding hydrogens is 625 g/mol. The smallest absolute Gasteiger partial charge is 0.0599 e. The van der Waals surface area contributed by atoms with Gasteiger partial charge in [0.05, 0.1) is 16.7 Å². The summed E-state index contributed by atoms with van der Waals surface area (Å²) in [5.41, 5.74) is 2.71. The summed E-state index contributed by atoms with van der Waals surface area (Å²) in [6.07, 6.45) is 8.34. The lowest BCUT2D eigenvalue weighted by molar-refractivity contribution is 0.0244. The van der Waals surface area contributed by atoms with E-state index >= 15 is 0 Å². The summed E-state index contributed by atoms with van der Waals surface area (Å²) < 4.78 is 0. The molecule has 3 aliphatic heterocycles. The summed E-state index contributed by atoms with van der Waals surface area (Å²) in [6.45, 7) is 13.2. The van der Waals surface area contributed by atoms with Gasteiger partial charge >= 0.3 is 0 Å². The van der Waals surface area contributed by atoms with Crippen LogP contribution in [-0.4, -0.2) is 121 Å². The van der Waals surface area contributed by atoms with Gasteiger partial charge in [-0.05, 0) is 72.7 Å². The second-order valence-electron chi connectivity index (χ2n) is 14.2. The van der Waals surface area contributed by atoms with Crippen molar-refractivity contribution in [1.29, 1.82) is 0 Å². The third-order valence-electron chi connectivity index (χ3n) is 11.1. The maximum absolute atomic E-state index is 10.1. The van der Waals surface area contributed by atoms with Crippen LogP contribution in [0.25, 0.3) is 10.8 Å². The largest absolute Gasteiger partial charge is 0.395 e. The van der Waals surface area contributed by atoms with Crippen molar-refractivity contribution in [2.75, 3.05) is 72.1 Å². The fraction of sp³-hybridized carbons (Fsp3) is 0.590. The van der Waals surface area contributed by atoms with Crippen molar-refractivity contribution in [2.45, 2.75) is 76.0 Å². The highest BCUT2D eigenvalue weighted by atomic mass is 35.5. The SMILES string of the molecule is CCCC[C@@H]1CN([C@@H](Cc2ccc3ccccc3c2)CN2CCC[C@H]2CN2CCNC[C@@H]2CO)CCN1CCc1ccc(Cl)c(Cl)c1. The minimum Gasteiger partial charge on any atom is -0.395 e. The first-order valence-corrected chi connectivity index (χ1v) is 19.0. The number of nitrogens with zero attached hydrogens (tertiary/aromatic N) is 4. The Morgan fingerprint density at radius 1 is 0.851 bits per heavy atom. The normalized spacial score (nSPS) is 24.3. The van der Waals surface area contributed by atoms with Crippen LogP contribution in [0, 0.1) is 0 Å². The molecule has 2 N–H and O–H groups in total. The maximum Gasteiger partial charge on any atom is 0.0599 e. The molecule has 3 saturated heterocycles. The topological polar surface area (TPSA) is 45.2 Å². The Kier molecular flexibility index (Phi) is 12.9. The number of piperazine rings is 2. The highest BCUT2D eigenvalue weighted by molar-refractivity contribution is 6.42. The molecule has 3 fully saturated rings. The Morgan fingerprint density at radius 3 is 2.53 bits per heavy atom. The van der Waals surface area contributed by atoms with Crippen LogP contribution < -0.4 is 5.32 Å². The average molecular weight is 681 g/mol. The van der Waals surface area contributed by atoms with Gasteiger partial charge in [-0.3, -0.25) is 19.6 Å². The van der Waals surface area contributed by atoms with Crippen molar-refractivity contribution in [3.05, 3.63) is 81.8 Å². The highest BCUT2D eigenvalue weighted by Gasteiger charge is 2.35. The molecule has 0 bridgehead atoms. The van der Waals surface area contributed by atoms with E-state index in [0.717, 1.165) is 71.7 Å². The van der Waals surface area contributed by atoms with E-state index in [9.17, 15) is 5.11 Å². The second-order valence-corrected chi connectivity index (χ2v) is 15.0. The molecule has 47 heavy (non-hydrogen) atoms. The molecule has 3 heterocycles. The third kappa shape index (κ3) is 9.29. The molecule has 3 aliphatic rings. The molecule has 3 aromatic carbocycles. The van der Waals surface area contributed by atoms with Crippen molar-refractivity contribution in [1.82, 2.24) is 24.9 Å². The minimum atomic E-state index is 0.232. The van der Waals surface area contributed by atoms with Gasteiger partial charge in [0.1, 0.15) is 0 Å². The molecule has 0 aromatic heterocycles. The van der Waals surface area contributed by atoms with Gasteiger partial charge in [0.25, 0.3) is 0 Å². The van der Waals surface area contributed by atoms with Crippen LogP contribution in [0.2, 0.25) is 10.0 Å². The zero-order chi connectivity index (χ0) is 32.6. The van der Waals surface area contributed by atoms with Gasteiger partial charge in [-0.2, -0.15) is 0 Å². The molecule has 0 unspecified atom stereocenters. The molecular formula is C39H55Cl2N5O. The summed E-state index contributed by atoms with van der Waals surface area (Å²) in [4.78, 5) is 11.0. The van der Waals surface area contributed by atoms with Crippen LogP contribution in [-0.2, 0) is 12.8 Å². The Labute approximate surface area is 293 Å². The Hall–Kier alpha value is -1.74. The first kappa shape index (κ1) is 35.1. The van der Waals surface area contributed by atoms with Crippen molar-refractivity contribution in [2.24, 2.45) is 0 Å². The van der Waals surface area contributed by atoms with Crippen molar-refractivity contribution in [3.63, 3.8) is 0 Å². The molecule has 0 saturated carbocycles. The van der Waals surface area contributed by atoms with E-state index in [1.807, 2.05) is 12.1 Å².